The minimum absolute atomic E-state index is 0.211. The van der Waals surface area contributed by atoms with E-state index in [1.54, 1.807) is 13.0 Å². The van der Waals surface area contributed by atoms with Crippen LogP contribution in [0.25, 0.3) is 0 Å². The van der Waals surface area contributed by atoms with Gasteiger partial charge in [0.1, 0.15) is 17.3 Å². The van der Waals surface area contributed by atoms with Crippen LogP contribution in [0.5, 0.6) is 0 Å². The van der Waals surface area contributed by atoms with Crippen LogP contribution in [-0.2, 0) is 6.42 Å². The molecule has 5 nitrogen and oxygen atoms in total. The second kappa shape index (κ2) is 8.64. The quantitative estimate of drug-likeness (QED) is 0.697. The second-order valence-corrected chi connectivity index (χ2v) is 6.62. The molecular weight excluding hydrogens is 360 g/mol. The lowest BCUT2D eigenvalue weighted by Crippen LogP contribution is -2.27. The lowest BCUT2D eigenvalue weighted by atomic mass is 10.1. The summed E-state index contributed by atoms with van der Waals surface area (Å²) in [5.74, 6) is 1.02. The maximum absolute atomic E-state index is 12.5. The van der Waals surface area contributed by atoms with Gasteiger partial charge in [0.25, 0.3) is 5.91 Å². The van der Waals surface area contributed by atoms with Gasteiger partial charge >= 0.3 is 0 Å². The van der Waals surface area contributed by atoms with Gasteiger partial charge in [-0.3, -0.25) is 4.79 Å². The summed E-state index contributed by atoms with van der Waals surface area (Å²) < 4.78 is 0. The molecule has 1 amide bonds. The van der Waals surface area contributed by atoms with Crippen LogP contribution < -0.4 is 10.2 Å². The first-order valence-electron chi connectivity index (χ1n) is 8.70. The Hall–Kier alpha value is -2.92. The lowest BCUT2D eigenvalue weighted by Gasteiger charge is -2.19. The molecule has 0 spiro atoms. The summed E-state index contributed by atoms with van der Waals surface area (Å²) in [5.41, 5.74) is 2.46. The number of rotatable bonds is 6. The monoisotopic (exact) mass is 380 g/mol. The Morgan fingerprint density at radius 1 is 1.07 bits per heavy atom. The Labute approximate surface area is 164 Å². The first kappa shape index (κ1) is 18.9. The van der Waals surface area contributed by atoms with E-state index in [9.17, 15) is 4.79 Å². The van der Waals surface area contributed by atoms with E-state index >= 15 is 0 Å². The minimum atomic E-state index is -0.211. The van der Waals surface area contributed by atoms with Crippen molar-refractivity contribution < 1.29 is 4.79 Å². The number of hydrogen-bond donors (Lipinski definition) is 1. The predicted molar refractivity (Wildman–Crippen MR) is 109 cm³/mol. The number of hydrogen-bond acceptors (Lipinski definition) is 4. The Bertz CT molecular complexity index is 913. The standard InChI is InChI=1S/C21H21ClN4O/c1-15-24-19(14-20(25-15)26(2)18-6-4-3-5-7-18)21(27)23-13-12-16-8-10-17(22)11-9-16/h3-11,14H,12-13H2,1-2H3,(H,23,27). The van der Waals surface area contributed by atoms with E-state index in [-0.39, 0.29) is 5.91 Å². The van der Waals surface area contributed by atoms with Crippen molar-refractivity contribution in [2.45, 2.75) is 13.3 Å². The Kier molecular flexibility index (Phi) is 6.04. The number of anilines is 2. The normalized spacial score (nSPS) is 10.5. The third-order valence-electron chi connectivity index (χ3n) is 4.16. The van der Waals surface area contributed by atoms with Crippen LogP contribution in [0.1, 0.15) is 21.9 Å². The smallest absolute Gasteiger partial charge is 0.270 e. The van der Waals surface area contributed by atoms with Crippen LogP contribution in [-0.4, -0.2) is 29.5 Å². The van der Waals surface area contributed by atoms with Crippen LogP contribution in [0.4, 0.5) is 11.5 Å². The van der Waals surface area contributed by atoms with Crippen molar-refractivity contribution in [1.29, 1.82) is 0 Å². The van der Waals surface area contributed by atoms with Crippen LogP contribution in [0, 0.1) is 6.92 Å². The summed E-state index contributed by atoms with van der Waals surface area (Å²) in [5, 5.41) is 3.62. The van der Waals surface area contributed by atoms with Crippen molar-refractivity contribution >= 4 is 29.0 Å². The van der Waals surface area contributed by atoms with E-state index in [2.05, 4.69) is 15.3 Å². The van der Waals surface area contributed by atoms with Crippen LogP contribution >= 0.6 is 11.6 Å². The number of aromatic nitrogens is 2. The van der Waals surface area contributed by atoms with E-state index in [4.69, 9.17) is 11.6 Å². The highest BCUT2D eigenvalue weighted by Gasteiger charge is 2.13. The van der Waals surface area contributed by atoms with E-state index in [0.29, 0.717) is 28.9 Å². The fraction of sp³-hybridized carbons (Fsp3) is 0.190. The van der Waals surface area contributed by atoms with Crippen molar-refractivity contribution in [3.63, 3.8) is 0 Å². The van der Waals surface area contributed by atoms with Crippen LogP contribution in [0.2, 0.25) is 5.02 Å². The number of aryl methyl sites for hydroxylation is 1. The van der Waals surface area contributed by atoms with Gasteiger partial charge in [0.05, 0.1) is 0 Å². The molecule has 0 aliphatic carbocycles. The molecule has 0 saturated carbocycles. The molecule has 2 aromatic carbocycles. The number of halogens is 1. The van der Waals surface area contributed by atoms with Crippen molar-refractivity contribution in [3.05, 3.63) is 82.8 Å². The van der Waals surface area contributed by atoms with E-state index in [1.807, 2.05) is 66.5 Å². The van der Waals surface area contributed by atoms with Crippen LogP contribution in [0.3, 0.4) is 0 Å². The molecule has 3 aromatic rings. The summed E-state index contributed by atoms with van der Waals surface area (Å²) in [4.78, 5) is 23.2. The molecule has 0 bridgehead atoms. The minimum Gasteiger partial charge on any atom is -0.350 e. The number of para-hydroxylation sites is 1. The summed E-state index contributed by atoms with van der Waals surface area (Å²) in [6.07, 6.45) is 0.726. The van der Waals surface area contributed by atoms with Crippen molar-refractivity contribution in [1.82, 2.24) is 15.3 Å². The molecule has 1 heterocycles. The van der Waals surface area contributed by atoms with Crippen molar-refractivity contribution in [2.24, 2.45) is 0 Å². The number of nitrogens with zero attached hydrogens (tertiary/aromatic N) is 3. The molecular formula is C21H21ClN4O. The molecule has 0 radical (unpaired) electrons. The Morgan fingerprint density at radius 2 is 1.78 bits per heavy atom. The SMILES string of the molecule is Cc1nc(C(=O)NCCc2ccc(Cl)cc2)cc(N(C)c2ccccc2)n1. The third kappa shape index (κ3) is 5.05. The zero-order valence-corrected chi connectivity index (χ0v) is 16.1. The molecule has 6 heteroatoms. The van der Waals surface area contributed by atoms with Crippen molar-refractivity contribution in [2.75, 3.05) is 18.5 Å². The van der Waals surface area contributed by atoms with Gasteiger partial charge in [-0.25, -0.2) is 9.97 Å². The summed E-state index contributed by atoms with van der Waals surface area (Å²) in [6.45, 7) is 2.31. The number of nitrogens with one attached hydrogen (secondary N) is 1. The number of benzene rings is 2. The first-order valence-corrected chi connectivity index (χ1v) is 9.08. The molecule has 1 N–H and O–H groups in total. The average molecular weight is 381 g/mol. The topological polar surface area (TPSA) is 58.1 Å². The first-order chi connectivity index (χ1) is 13.0. The number of amides is 1. The van der Waals surface area contributed by atoms with E-state index in [1.165, 1.54) is 0 Å². The highest BCUT2D eigenvalue weighted by atomic mass is 35.5. The van der Waals surface area contributed by atoms with Gasteiger partial charge in [0, 0.05) is 30.4 Å². The summed E-state index contributed by atoms with van der Waals surface area (Å²) in [7, 11) is 1.92. The molecule has 0 saturated heterocycles. The lowest BCUT2D eigenvalue weighted by molar-refractivity contribution is 0.0949. The number of carbonyl (C=O) groups excluding carboxylic acids is 1. The maximum Gasteiger partial charge on any atom is 0.270 e. The number of carbonyl (C=O) groups is 1. The molecule has 0 unspecified atom stereocenters. The zero-order valence-electron chi connectivity index (χ0n) is 15.3. The Morgan fingerprint density at radius 3 is 2.48 bits per heavy atom. The molecule has 3 rings (SSSR count). The molecule has 0 atom stereocenters. The highest BCUT2D eigenvalue weighted by Crippen LogP contribution is 2.21. The van der Waals surface area contributed by atoms with Gasteiger partial charge in [-0.15, -0.1) is 0 Å². The van der Waals surface area contributed by atoms with Gasteiger partial charge in [-0.1, -0.05) is 41.9 Å². The van der Waals surface area contributed by atoms with Crippen LogP contribution in [0.15, 0.2) is 60.7 Å². The summed E-state index contributed by atoms with van der Waals surface area (Å²) in [6, 6.07) is 19.2. The van der Waals surface area contributed by atoms with Crippen molar-refractivity contribution in [3.8, 4) is 0 Å². The van der Waals surface area contributed by atoms with Gasteiger partial charge in [0.2, 0.25) is 0 Å². The summed E-state index contributed by atoms with van der Waals surface area (Å²) >= 11 is 5.89. The molecule has 27 heavy (non-hydrogen) atoms. The highest BCUT2D eigenvalue weighted by molar-refractivity contribution is 6.30. The average Bonchev–Trinajstić information content (AvgIpc) is 2.69. The molecule has 0 aliphatic heterocycles. The van der Waals surface area contributed by atoms with E-state index < -0.39 is 0 Å². The predicted octanol–water partition coefficient (Wildman–Crippen LogP) is 4.18. The Balaban J connectivity index is 1.67. The molecule has 1 aromatic heterocycles. The fourth-order valence-corrected chi connectivity index (χ4v) is 2.81. The maximum atomic E-state index is 12.5. The van der Waals surface area contributed by atoms with Gasteiger partial charge in [-0.2, -0.15) is 0 Å². The molecule has 138 valence electrons. The second-order valence-electron chi connectivity index (χ2n) is 6.19. The third-order valence-corrected chi connectivity index (χ3v) is 4.41. The van der Waals surface area contributed by atoms with Gasteiger partial charge in [-0.05, 0) is 43.2 Å². The van der Waals surface area contributed by atoms with Gasteiger partial charge < -0.3 is 10.2 Å². The van der Waals surface area contributed by atoms with E-state index in [0.717, 1.165) is 17.7 Å². The largest absolute Gasteiger partial charge is 0.350 e. The molecule has 0 aliphatic rings. The fourth-order valence-electron chi connectivity index (χ4n) is 2.69. The van der Waals surface area contributed by atoms with Gasteiger partial charge in [0.15, 0.2) is 0 Å². The molecule has 0 fully saturated rings. The zero-order chi connectivity index (χ0) is 19.2.